The molecule has 0 fully saturated rings. The van der Waals surface area contributed by atoms with Crippen molar-refractivity contribution in [2.45, 2.75) is 20.8 Å². The summed E-state index contributed by atoms with van der Waals surface area (Å²) in [5.74, 6) is 1.85. The first-order valence-electron chi connectivity index (χ1n) is 9.98. The van der Waals surface area contributed by atoms with Gasteiger partial charge in [-0.1, -0.05) is 17.7 Å². The first-order valence-corrected chi connectivity index (χ1v) is 9.98. The van der Waals surface area contributed by atoms with E-state index in [1.54, 1.807) is 24.3 Å². The van der Waals surface area contributed by atoms with Crippen LogP contribution in [0.25, 0.3) is 0 Å². The molecular formula is C23H27N5O2. The van der Waals surface area contributed by atoms with Gasteiger partial charge in [0, 0.05) is 36.1 Å². The van der Waals surface area contributed by atoms with E-state index >= 15 is 0 Å². The van der Waals surface area contributed by atoms with Gasteiger partial charge in [0.25, 0.3) is 5.91 Å². The van der Waals surface area contributed by atoms with E-state index in [0.29, 0.717) is 37.0 Å². The van der Waals surface area contributed by atoms with Crippen molar-refractivity contribution in [1.82, 2.24) is 15.3 Å². The van der Waals surface area contributed by atoms with E-state index in [1.807, 2.05) is 44.2 Å². The number of hydrogen-bond donors (Lipinski definition) is 3. The topological polar surface area (TPSA) is 88.2 Å². The summed E-state index contributed by atoms with van der Waals surface area (Å²) in [6.45, 7) is 7.45. The third kappa shape index (κ3) is 6.20. The van der Waals surface area contributed by atoms with Gasteiger partial charge in [-0.05, 0) is 57.2 Å². The summed E-state index contributed by atoms with van der Waals surface area (Å²) >= 11 is 0. The zero-order valence-electron chi connectivity index (χ0n) is 17.5. The Labute approximate surface area is 176 Å². The predicted octanol–water partition coefficient (Wildman–Crippen LogP) is 4.08. The molecule has 7 heteroatoms. The molecule has 156 valence electrons. The van der Waals surface area contributed by atoms with Crippen LogP contribution < -0.4 is 20.7 Å². The summed E-state index contributed by atoms with van der Waals surface area (Å²) in [6, 6.07) is 17.1. The van der Waals surface area contributed by atoms with Crippen molar-refractivity contribution in [2.24, 2.45) is 0 Å². The van der Waals surface area contributed by atoms with Crippen molar-refractivity contribution in [3.63, 3.8) is 0 Å². The molecule has 0 aliphatic rings. The number of ether oxygens (including phenoxy) is 1. The van der Waals surface area contributed by atoms with Crippen molar-refractivity contribution in [2.75, 3.05) is 30.3 Å². The van der Waals surface area contributed by atoms with Gasteiger partial charge in [-0.25, -0.2) is 4.98 Å². The molecule has 7 nitrogen and oxygen atoms in total. The van der Waals surface area contributed by atoms with Gasteiger partial charge in [0.2, 0.25) is 5.95 Å². The number of aryl methyl sites for hydroxylation is 2. The fraction of sp³-hybridized carbons (Fsp3) is 0.261. The number of nitrogens with zero attached hydrogens (tertiary/aromatic N) is 2. The molecular weight excluding hydrogens is 378 g/mol. The summed E-state index contributed by atoms with van der Waals surface area (Å²) in [4.78, 5) is 21.1. The second kappa shape index (κ2) is 10.2. The van der Waals surface area contributed by atoms with Gasteiger partial charge < -0.3 is 20.7 Å². The van der Waals surface area contributed by atoms with E-state index < -0.39 is 0 Å². The van der Waals surface area contributed by atoms with E-state index in [2.05, 4.69) is 32.8 Å². The predicted molar refractivity (Wildman–Crippen MR) is 120 cm³/mol. The average molecular weight is 406 g/mol. The van der Waals surface area contributed by atoms with Gasteiger partial charge in [-0.2, -0.15) is 4.98 Å². The van der Waals surface area contributed by atoms with Crippen LogP contribution in [-0.4, -0.2) is 35.6 Å². The minimum atomic E-state index is -0.133. The highest BCUT2D eigenvalue weighted by atomic mass is 16.5. The maximum atomic E-state index is 12.2. The molecule has 3 N–H and O–H groups in total. The van der Waals surface area contributed by atoms with Crippen LogP contribution in [0, 0.1) is 13.8 Å². The highest BCUT2D eigenvalue weighted by Crippen LogP contribution is 2.17. The molecule has 1 heterocycles. The Morgan fingerprint density at radius 2 is 1.70 bits per heavy atom. The van der Waals surface area contributed by atoms with Crippen LogP contribution in [0.5, 0.6) is 5.75 Å². The first-order chi connectivity index (χ1) is 14.5. The molecule has 2 aromatic carbocycles. The molecule has 0 unspecified atom stereocenters. The second-order valence-electron chi connectivity index (χ2n) is 6.85. The number of benzene rings is 2. The number of carbonyl (C=O) groups is 1. The molecule has 3 aromatic rings. The average Bonchev–Trinajstić information content (AvgIpc) is 2.73. The Bertz CT molecular complexity index is 972. The summed E-state index contributed by atoms with van der Waals surface area (Å²) in [5, 5.41) is 9.32. The molecule has 30 heavy (non-hydrogen) atoms. The van der Waals surface area contributed by atoms with E-state index in [0.717, 1.165) is 17.1 Å². The molecule has 0 atom stereocenters. The molecule has 0 spiro atoms. The van der Waals surface area contributed by atoms with Gasteiger partial charge in [-0.3, -0.25) is 4.79 Å². The summed E-state index contributed by atoms with van der Waals surface area (Å²) in [6.07, 6.45) is 0. The fourth-order valence-electron chi connectivity index (χ4n) is 2.82. The van der Waals surface area contributed by atoms with Crippen LogP contribution in [0.4, 0.5) is 17.5 Å². The number of aromatic nitrogens is 2. The van der Waals surface area contributed by atoms with E-state index in [4.69, 9.17) is 4.74 Å². The number of rotatable bonds is 9. The Morgan fingerprint density at radius 3 is 2.40 bits per heavy atom. The first kappa shape index (κ1) is 21.1. The van der Waals surface area contributed by atoms with Crippen molar-refractivity contribution in [3.8, 4) is 5.75 Å². The molecule has 1 aromatic heterocycles. The van der Waals surface area contributed by atoms with Crippen molar-refractivity contribution < 1.29 is 9.53 Å². The van der Waals surface area contributed by atoms with Crippen molar-refractivity contribution in [3.05, 3.63) is 71.4 Å². The van der Waals surface area contributed by atoms with Crippen molar-refractivity contribution in [1.29, 1.82) is 0 Å². The van der Waals surface area contributed by atoms with Crippen molar-refractivity contribution >= 4 is 23.4 Å². The molecule has 0 aliphatic heterocycles. The van der Waals surface area contributed by atoms with Crippen LogP contribution in [-0.2, 0) is 0 Å². The number of anilines is 3. The van der Waals surface area contributed by atoms with Gasteiger partial charge in [0.05, 0.1) is 6.61 Å². The second-order valence-corrected chi connectivity index (χ2v) is 6.85. The lowest BCUT2D eigenvalue weighted by Gasteiger charge is -2.11. The molecule has 0 aliphatic carbocycles. The molecule has 0 bridgehead atoms. The minimum absolute atomic E-state index is 0.133. The Balaban J connectivity index is 1.50. The van der Waals surface area contributed by atoms with Crippen LogP contribution in [0.2, 0.25) is 0 Å². The fourth-order valence-corrected chi connectivity index (χ4v) is 2.82. The van der Waals surface area contributed by atoms with E-state index in [-0.39, 0.29) is 5.91 Å². The van der Waals surface area contributed by atoms with Gasteiger partial charge in [0.1, 0.15) is 11.6 Å². The SMILES string of the molecule is CCOc1ccc(C(=O)NCCNc2nc(C)cc(Nc3ccc(C)cc3)n2)cc1. The monoisotopic (exact) mass is 405 g/mol. The smallest absolute Gasteiger partial charge is 0.251 e. The molecule has 0 saturated carbocycles. The summed E-state index contributed by atoms with van der Waals surface area (Å²) < 4.78 is 5.39. The highest BCUT2D eigenvalue weighted by molar-refractivity contribution is 5.94. The summed E-state index contributed by atoms with van der Waals surface area (Å²) in [7, 11) is 0. The maximum Gasteiger partial charge on any atom is 0.251 e. The van der Waals surface area contributed by atoms with Crippen LogP contribution in [0.3, 0.4) is 0 Å². The molecule has 3 rings (SSSR count). The van der Waals surface area contributed by atoms with Gasteiger partial charge >= 0.3 is 0 Å². The zero-order chi connectivity index (χ0) is 21.3. The van der Waals surface area contributed by atoms with Crippen LogP contribution in [0.1, 0.15) is 28.5 Å². The Morgan fingerprint density at radius 1 is 0.967 bits per heavy atom. The standard InChI is InChI=1S/C23H27N5O2/c1-4-30-20-11-7-18(8-12-20)22(29)24-13-14-25-23-26-17(3)15-21(28-23)27-19-9-5-16(2)6-10-19/h5-12,15H,4,13-14H2,1-3H3,(H,24,29)(H2,25,26,27,28). The van der Waals surface area contributed by atoms with E-state index in [1.165, 1.54) is 5.56 Å². The largest absolute Gasteiger partial charge is 0.494 e. The molecule has 0 saturated heterocycles. The normalized spacial score (nSPS) is 10.4. The summed E-state index contributed by atoms with van der Waals surface area (Å²) in [5.41, 5.74) is 3.61. The van der Waals surface area contributed by atoms with Crippen LogP contribution in [0.15, 0.2) is 54.6 Å². The maximum absolute atomic E-state index is 12.2. The number of hydrogen-bond acceptors (Lipinski definition) is 6. The quantitative estimate of drug-likeness (QED) is 0.465. The minimum Gasteiger partial charge on any atom is -0.494 e. The number of nitrogens with one attached hydrogen (secondary N) is 3. The third-order valence-electron chi connectivity index (χ3n) is 4.30. The van der Waals surface area contributed by atoms with Gasteiger partial charge in [0.15, 0.2) is 0 Å². The third-order valence-corrected chi connectivity index (χ3v) is 4.30. The lowest BCUT2D eigenvalue weighted by Crippen LogP contribution is -2.29. The number of carbonyl (C=O) groups excluding carboxylic acids is 1. The van der Waals surface area contributed by atoms with Crippen LogP contribution >= 0.6 is 0 Å². The van der Waals surface area contributed by atoms with Gasteiger partial charge in [-0.15, -0.1) is 0 Å². The Hall–Kier alpha value is -3.61. The zero-order valence-corrected chi connectivity index (χ0v) is 17.5. The van der Waals surface area contributed by atoms with E-state index in [9.17, 15) is 4.79 Å². The highest BCUT2D eigenvalue weighted by Gasteiger charge is 2.06. The lowest BCUT2D eigenvalue weighted by atomic mass is 10.2. The number of amides is 1. The molecule has 1 amide bonds. The lowest BCUT2D eigenvalue weighted by molar-refractivity contribution is 0.0955. The molecule has 0 radical (unpaired) electrons. The Kier molecular flexibility index (Phi) is 7.21.